The molecule has 1 aromatic rings. The fraction of sp³-hybridized carbons (Fsp3) is 0.625. The molecule has 1 N–H and O–H groups in total. The maximum absolute atomic E-state index is 12.2. The number of aryl methyl sites for hydroxylation is 2. The van der Waals surface area contributed by atoms with E-state index in [1.54, 1.807) is 0 Å². The quantitative estimate of drug-likeness (QED) is 0.888. The summed E-state index contributed by atoms with van der Waals surface area (Å²) in [6, 6.07) is 2.08. The Morgan fingerprint density at radius 1 is 1.43 bits per heavy atom. The van der Waals surface area contributed by atoms with Crippen LogP contribution in [0.5, 0.6) is 0 Å². The Kier molecular flexibility index (Phi) is 5.70. The van der Waals surface area contributed by atoms with E-state index in [2.05, 4.69) is 21.3 Å². The van der Waals surface area contributed by atoms with Crippen molar-refractivity contribution in [3.8, 4) is 0 Å². The molecule has 1 amide bonds. The molecule has 1 atom stereocenters. The van der Waals surface area contributed by atoms with Crippen LogP contribution in [0.25, 0.3) is 0 Å². The first-order chi connectivity index (χ1) is 10.1. The fourth-order valence-corrected chi connectivity index (χ4v) is 2.42. The van der Waals surface area contributed by atoms with E-state index in [1.165, 1.54) is 0 Å². The highest BCUT2D eigenvalue weighted by atomic mass is 16.5. The maximum atomic E-state index is 12.2. The molecule has 2 rings (SSSR count). The number of hydrogen-bond acceptors (Lipinski definition) is 4. The lowest BCUT2D eigenvalue weighted by molar-refractivity contribution is -0.125. The summed E-state index contributed by atoms with van der Waals surface area (Å²) < 4.78 is 5.32. The Hall–Kier alpha value is -1.46. The summed E-state index contributed by atoms with van der Waals surface area (Å²) in [4.78, 5) is 18.8. The second-order valence-electron chi connectivity index (χ2n) is 5.78. The van der Waals surface area contributed by atoms with Crippen molar-refractivity contribution in [3.05, 3.63) is 29.1 Å². The molecule has 0 saturated carbocycles. The third-order valence-corrected chi connectivity index (χ3v) is 3.95. The van der Waals surface area contributed by atoms with E-state index in [0.29, 0.717) is 6.54 Å². The zero-order valence-electron chi connectivity index (χ0n) is 13.2. The highest BCUT2D eigenvalue weighted by Gasteiger charge is 2.18. The van der Waals surface area contributed by atoms with Crippen LogP contribution in [0.2, 0.25) is 0 Å². The van der Waals surface area contributed by atoms with Gasteiger partial charge in [0.2, 0.25) is 5.91 Å². The first-order valence-corrected chi connectivity index (χ1v) is 7.56. The number of rotatable bonds is 5. The number of ether oxygens (including phenoxy) is 1. The topological polar surface area (TPSA) is 54.5 Å². The Balaban J connectivity index is 1.78. The van der Waals surface area contributed by atoms with E-state index in [9.17, 15) is 4.79 Å². The molecule has 0 unspecified atom stereocenters. The van der Waals surface area contributed by atoms with Gasteiger partial charge in [0.05, 0.1) is 13.2 Å². The molecule has 5 nitrogen and oxygen atoms in total. The van der Waals surface area contributed by atoms with Crippen LogP contribution in [-0.2, 0) is 16.1 Å². The molecule has 5 heteroatoms. The van der Waals surface area contributed by atoms with Gasteiger partial charge in [-0.15, -0.1) is 0 Å². The molecule has 21 heavy (non-hydrogen) atoms. The lowest BCUT2D eigenvalue weighted by Crippen LogP contribution is -2.42. The highest BCUT2D eigenvalue weighted by molar-refractivity contribution is 5.78. The summed E-state index contributed by atoms with van der Waals surface area (Å²) in [5.74, 6) is 0.0855. The third-order valence-electron chi connectivity index (χ3n) is 3.95. The maximum Gasteiger partial charge on any atom is 0.224 e. The van der Waals surface area contributed by atoms with E-state index < -0.39 is 0 Å². The van der Waals surface area contributed by atoms with Gasteiger partial charge in [-0.3, -0.25) is 14.7 Å². The molecule has 1 aliphatic heterocycles. The van der Waals surface area contributed by atoms with Gasteiger partial charge in [0.1, 0.15) is 0 Å². The Labute approximate surface area is 126 Å². The molecule has 0 aromatic carbocycles. The zero-order chi connectivity index (χ0) is 15.2. The van der Waals surface area contributed by atoms with Gasteiger partial charge in [-0.2, -0.15) is 0 Å². The minimum absolute atomic E-state index is 0.0115. The molecule has 1 fully saturated rings. The zero-order valence-corrected chi connectivity index (χ0v) is 13.2. The van der Waals surface area contributed by atoms with Gasteiger partial charge < -0.3 is 10.1 Å². The molecular weight excluding hydrogens is 266 g/mol. The predicted octanol–water partition coefficient (Wildman–Crippen LogP) is 1.28. The van der Waals surface area contributed by atoms with Crippen LogP contribution in [0.15, 0.2) is 12.3 Å². The van der Waals surface area contributed by atoms with Gasteiger partial charge in [0.15, 0.2) is 0 Å². The van der Waals surface area contributed by atoms with Gasteiger partial charge in [0.25, 0.3) is 0 Å². The van der Waals surface area contributed by atoms with Crippen molar-refractivity contribution in [2.24, 2.45) is 5.92 Å². The Morgan fingerprint density at radius 2 is 2.14 bits per heavy atom. The average Bonchev–Trinajstić information content (AvgIpc) is 2.49. The standard InChI is InChI=1S/C16H25N3O2/c1-12-8-15(9-17-14(12)3)10-18-16(20)13(2)11-19-4-6-21-7-5-19/h8-9,13H,4-7,10-11H2,1-3H3,(H,18,20)/t13-/m0/s1. The minimum atomic E-state index is -0.0115. The first kappa shape index (κ1) is 15.9. The van der Waals surface area contributed by atoms with Gasteiger partial charge in [-0.1, -0.05) is 13.0 Å². The molecule has 0 bridgehead atoms. The molecule has 0 radical (unpaired) electrons. The first-order valence-electron chi connectivity index (χ1n) is 7.56. The molecule has 1 saturated heterocycles. The fourth-order valence-electron chi connectivity index (χ4n) is 2.42. The van der Waals surface area contributed by atoms with Crippen LogP contribution in [0.3, 0.4) is 0 Å². The van der Waals surface area contributed by atoms with E-state index in [0.717, 1.165) is 49.7 Å². The number of amides is 1. The second kappa shape index (κ2) is 7.52. The van der Waals surface area contributed by atoms with Crippen LogP contribution < -0.4 is 5.32 Å². The number of carbonyl (C=O) groups excluding carboxylic acids is 1. The van der Waals surface area contributed by atoms with Gasteiger partial charge in [0, 0.05) is 44.0 Å². The van der Waals surface area contributed by atoms with Crippen LogP contribution >= 0.6 is 0 Å². The van der Waals surface area contributed by atoms with Crippen molar-refractivity contribution < 1.29 is 9.53 Å². The van der Waals surface area contributed by atoms with E-state index in [1.807, 2.05) is 27.0 Å². The molecule has 1 aromatic heterocycles. The third kappa shape index (κ3) is 4.79. The van der Waals surface area contributed by atoms with Gasteiger partial charge >= 0.3 is 0 Å². The van der Waals surface area contributed by atoms with E-state index in [4.69, 9.17) is 4.74 Å². The second-order valence-corrected chi connectivity index (χ2v) is 5.78. The van der Waals surface area contributed by atoms with E-state index >= 15 is 0 Å². The van der Waals surface area contributed by atoms with Crippen LogP contribution in [0, 0.1) is 19.8 Å². The van der Waals surface area contributed by atoms with Crippen molar-refractivity contribution >= 4 is 5.91 Å². The Morgan fingerprint density at radius 3 is 2.81 bits per heavy atom. The van der Waals surface area contributed by atoms with Crippen LogP contribution in [0.1, 0.15) is 23.7 Å². The van der Waals surface area contributed by atoms with Crippen LogP contribution in [-0.4, -0.2) is 48.6 Å². The molecule has 0 spiro atoms. The number of hydrogen-bond donors (Lipinski definition) is 1. The lowest BCUT2D eigenvalue weighted by Gasteiger charge is -2.28. The minimum Gasteiger partial charge on any atom is -0.379 e. The molecule has 1 aliphatic rings. The van der Waals surface area contributed by atoms with Crippen molar-refractivity contribution in [1.29, 1.82) is 0 Å². The van der Waals surface area contributed by atoms with Gasteiger partial charge in [-0.25, -0.2) is 0 Å². The smallest absolute Gasteiger partial charge is 0.224 e. The summed E-state index contributed by atoms with van der Waals surface area (Å²) in [5, 5.41) is 3.00. The summed E-state index contributed by atoms with van der Waals surface area (Å²) in [6.07, 6.45) is 1.83. The molecule has 2 heterocycles. The van der Waals surface area contributed by atoms with Gasteiger partial charge in [-0.05, 0) is 25.0 Å². The molecule has 0 aliphatic carbocycles. The van der Waals surface area contributed by atoms with Crippen LogP contribution in [0.4, 0.5) is 0 Å². The number of aromatic nitrogens is 1. The Bertz CT molecular complexity index is 484. The SMILES string of the molecule is Cc1cc(CNC(=O)[C@@H](C)CN2CCOCC2)cnc1C. The van der Waals surface area contributed by atoms with Crippen molar-refractivity contribution in [3.63, 3.8) is 0 Å². The predicted molar refractivity (Wildman–Crippen MR) is 82.0 cm³/mol. The lowest BCUT2D eigenvalue weighted by atomic mass is 10.1. The summed E-state index contributed by atoms with van der Waals surface area (Å²) in [5.41, 5.74) is 3.24. The number of nitrogens with zero attached hydrogens (tertiary/aromatic N) is 2. The monoisotopic (exact) mass is 291 g/mol. The average molecular weight is 291 g/mol. The normalized spacial score (nSPS) is 17.5. The number of carbonyl (C=O) groups is 1. The van der Waals surface area contributed by atoms with Crippen molar-refractivity contribution in [1.82, 2.24) is 15.2 Å². The number of morpholine rings is 1. The molecular formula is C16H25N3O2. The number of nitrogens with one attached hydrogen (secondary N) is 1. The van der Waals surface area contributed by atoms with E-state index in [-0.39, 0.29) is 11.8 Å². The van der Waals surface area contributed by atoms with Crippen molar-refractivity contribution in [2.45, 2.75) is 27.3 Å². The molecule has 116 valence electrons. The number of pyridine rings is 1. The largest absolute Gasteiger partial charge is 0.379 e. The summed E-state index contributed by atoms with van der Waals surface area (Å²) in [6.45, 7) is 10.7. The van der Waals surface area contributed by atoms with Crippen molar-refractivity contribution in [2.75, 3.05) is 32.8 Å². The summed E-state index contributed by atoms with van der Waals surface area (Å²) in [7, 11) is 0. The highest BCUT2D eigenvalue weighted by Crippen LogP contribution is 2.07. The summed E-state index contributed by atoms with van der Waals surface area (Å²) >= 11 is 0.